The molecule has 4 aliphatic rings. The van der Waals surface area contributed by atoms with Crippen LogP contribution in [0.15, 0.2) is 98.8 Å². The van der Waals surface area contributed by atoms with Crippen LogP contribution in [0.25, 0.3) is 44.5 Å². The number of nitrogens with one attached hydrogen (secondary N) is 2. The monoisotopic (exact) mass is 612 g/mol. The van der Waals surface area contributed by atoms with Gasteiger partial charge in [0.25, 0.3) is 0 Å². The first-order valence-electron chi connectivity index (χ1n) is 16.9. The molecule has 47 heavy (non-hydrogen) atoms. The zero-order valence-corrected chi connectivity index (χ0v) is 28.5. The average Bonchev–Trinajstić information content (AvgIpc) is 3.69. The molecule has 1 aromatic heterocycles. The van der Waals surface area contributed by atoms with Crippen LogP contribution in [0.4, 0.5) is 5.69 Å². The molecule has 8 bridgehead atoms. The second-order valence-corrected chi connectivity index (χ2v) is 14.6. The van der Waals surface area contributed by atoms with Gasteiger partial charge < -0.3 is 10.3 Å². The molecule has 2 atom stereocenters. The van der Waals surface area contributed by atoms with Gasteiger partial charge in [-0.15, -0.1) is 0 Å². The van der Waals surface area contributed by atoms with Crippen LogP contribution in [-0.4, -0.2) is 22.4 Å². The minimum atomic E-state index is -0.312. The van der Waals surface area contributed by atoms with Crippen LogP contribution in [-0.2, 0) is 5.41 Å². The summed E-state index contributed by atoms with van der Waals surface area (Å²) in [5.74, 6) is 0.351. The number of fused-ring (bicyclic) bond motifs is 13. The highest BCUT2D eigenvalue weighted by Gasteiger charge is 2.39. The van der Waals surface area contributed by atoms with Crippen LogP contribution in [0, 0.1) is 19.8 Å². The molecule has 0 spiro atoms. The van der Waals surface area contributed by atoms with Gasteiger partial charge in [-0.05, 0) is 119 Å². The fraction of sp³-hybridized carbons (Fsp3) is 0.256. The Morgan fingerprint density at radius 1 is 0.723 bits per heavy atom. The lowest BCUT2D eigenvalue weighted by Gasteiger charge is -2.23. The van der Waals surface area contributed by atoms with Gasteiger partial charge in [0.1, 0.15) is 0 Å². The number of rotatable bonds is 0. The Morgan fingerprint density at radius 3 is 2.04 bits per heavy atom. The van der Waals surface area contributed by atoms with E-state index in [2.05, 4.69) is 139 Å². The molecule has 0 amide bonds. The van der Waals surface area contributed by atoms with Crippen molar-refractivity contribution in [1.29, 1.82) is 0 Å². The van der Waals surface area contributed by atoms with Crippen LogP contribution >= 0.6 is 0 Å². The van der Waals surface area contributed by atoms with Crippen molar-refractivity contribution in [3.63, 3.8) is 0 Å². The molecule has 232 valence electrons. The zero-order valence-electron chi connectivity index (χ0n) is 28.5. The summed E-state index contributed by atoms with van der Waals surface area (Å²) >= 11 is 0. The van der Waals surface area contributed by atoms with Crippen LogP contribution < -0.4 is 16.0 Å². The van der Waals surface area contributed by atoms with Crippen molar-refractivity contribution in [2.24, 2.45) is 15.9 Å². The lowest BCUT2D eigenvalue weighted by Crippen LogP contribution is -2.27. The molecule has 2 unspecified atom stereocenters. The number of H-pyrrole nitrogens is 1. The Morgan fingerprint density at radius 2 is 1.34 bits per heavy atom. The van der Waals surface area contributed by atoms with E-state index >= 15 is 0 Å². The third-order valence-electron chi connectivity index (χ3n) is 11.8. The van der Waals surface area contributed by atoms with Crippen molar-refractivity contribution >= 4 is 61.6 Å². The van der Waals surface area contributed by atoms with E-state index in [0.29, 0.717) is 5.92 Å². The van der Waals surface area contributed by atoms with Crippen molar-refractivity contribution in [1.82, 2.24) is 10.3 Å². The predicted octanol–water partition coefficient (Wildman–Crippen LogP) is 8.63. The minimum Gasteiger partial charge on any atom is -0.378 e. The Balaban J connectivity index is 1.49. The van der Waals surface area contributed by atoms with Crippen LogP contribution in [0.3, 0.4) is 0 Å². The summed E-state index contributed by atoms with van der Waals surface area (Å²) in [6.45, 7) is 18.2. The van der Waals surface area contributed by atoms with Gasteiger partial charge in [-0.3, -0.25) is 4.99 Å². The van der Waals surface area contributed by atoms with E-state index in [9.17, 15) is 0 Å². The molecular weight excluding hydrogens is 573 g/mol. The molecule has 0 radical (unpaired) electrons. The van der Waals surface area contributed by atoms with Crippen molar-refractivity contribution in [2.75, 3.05) is 0 Å². The lowest BCUT2D eigenvalue weighted by molar-refractivity contribution is 0.582. The molecule has 0 aliphatic carbocycles. The molecule has 4 aliphatic heterocycles. The summed E-state index contributed by atoms with van der Waals surface area (Å²) < 4.78 is 0. The number of hydrogen-bond acceptors (Lipinski definition) is 3. The van der Waals surface area contributed by atoms with Gasteiger partial charge in [-0.2, -0.15) is 0 Å². The van der Waals surface area contributed by atoms with Gasteiger partial charge in [0.05, 0.1) is 28.8 Å². The van der Waals surface area contributed by atoms with Crippen LogP contribution in [0.2, 0.25) is 0 Å². The van der Waals surface area contributed by atoms with Gasteiger partial charge in [0.15, 0.2) is 0 Å². The fourth-order valence-corrected chi connectivity index (χ4v) is 8.30. The SMILES string of the molecule is CC1=C(C)/C2=C/C3NC(=C(C)C3C)/C=c3\[nH]c(c(C)c3C)=CC3=Nc4c(cc5c6ccccc6c6ccccc6c5c4C1=N2)C3(C)C. The van der Waals surface area contributed by atoms with E-state index in [-0.39, 0.29) is 11.5 Å². The maximum absolute atomic E-state index is 5.58. The van der Waals surface area contributed by atoms with Gasteiger partial charge in [-0.1, -0.05) is 69.3 Å². The van der Waals surface area contributed by atoms with E-state index in [1.165, 1.54) is 71.4 Å². The number of hydrogen-bond donors (Lipinski definition) is 2. The summed E-state index contributed by atoms with van der Waals surface area (Å²) in [7, 11) is 0. The molecule has 0 saturated heterocycles. The van der Waals surface area contributed by atoms with E-state index < -0.39 is 0 Å². The van der Waals surface area contributed by atoms with Crippen molar-refractivity contribution < 1.29 is 0 Å². The van der Waals surface area contributed by atoms with Crippen molar-refractivity contribution in [3.05, 3.63) is 122 Å². The molecular formula is C43H40N4. The third kappa shape index (κ3) is 3.76. The van der Waals surface area contributed by atoms with Crippen LogP contribution in [0.5, 0.6) is 0 Å². The number of aromatic amines is 1. The smallest absolute Gasteiger partial charge is 0.0775 e. The highest BCUT2D eigenvalue weighted by Crippen LogP contribution is 2.50. The summed E-state index contributed by atoms with van der Waals surface area (Å²) in [5, 5.41) is 13.7. The molecule has 5 heterocycles. The van der Waals surface area contributed by atoms with Gasteiger partial charge >= 0.3 is 0 Å². The predicted molar refractivity (Wildman–Crippen MR) is 199 cm³/mol. The third-order valence-corrected chi connectivity index (χ3v) is 11.8. The van der Waals surface area contributed by atoms with Crippen molar-refractivity contribution in [2.45, 2.75) is 66.8 Å². The topological polar surface area (TPSA) is 52.5 Å². The number of allylic oxidation sites excluding steroid dienone is 3. The molecule has 4 aromatic carbocycles. The van der Waals surface area contributed by atoms with Crippen molar-refractivity contribution in [3.8, 4) is 0 Å². The summed E-state index contributed by atoms with van der Waals surface area (Å²) in [6.07, 6.45) is 6.95. The molecule has 0 saturated carbocycles. The fourth-order valence-electron chi connectivity index (χ4n) is 8.30. The normalized spacial score (nSPS) is 23.1. The second kappa shape index (κ2) is 9.54. The van der Waals surface area contributed by atoms with E-state index in [0.717, 1.165) is 39.1 Å². The van der Waals surface area contributed by atoms with Crippen LogP contribution in [0.1, 0.15) is 63.8 Å². The maximum Gasteiger partial charge on any atom is 0.0775 e. The van der Waals surface area contributed by atoms with Gasteiger partial charge in [-0.25, -0.2) is 4.99 Å². The first kappa shape index (κ1) is 28.3. The Labute approximate surface area is 275 Å². The Kier molecular flexibility index (Phi) is 5.74. The quantitative estimate of drug-likeness (QED) is 0.169. The number of benzene rings is 4. The number of aromatic nitrogens is 1. The minimum absolute atomic E-state index is 0.156. The largest absolute Gasteiger partial charge is 0.378 e. The maximum atomic E-state index is 5.58. The van der Waals surface area contributed by atoms with E-state index in [1.54, 1.807) is 0 Å². The average molecular weight is 613 g/mol. The zero-order chi connectivity index (χ0) is 32.5. The molecule has 4 heteroatoms. The molecule has 0 fully saturated rings. The standard InChI is InChI=1S/C43H40N4/c1-21-22(2)35-19-36-25(5)26(6)41(46-36)40-39-30-16-12-11-14-28(30)27-13-9-10-15-29(27)31(39)17-32-42(40)47-38(43(32,7)8)20-37-24(4)23(3)34(45-37)18-33(21)44-35/h9-20,22,35,44-45H,1-8H3/b34-18-,36-19-,37-20?. The molecule has 5 aromatic rings. The lowest BCUT2D eigenvalue weighted by atomic mass is 9.77. The van der Waals surface area contributed by atoms with Gasteiger partial charge in [0.2, 0.25) is 0 Å². The summed E-state index contributed by atoms with van der Waals surface area (Å²) in [4.78, 5) is 14.9. The second-order valence-electron chi connectivity index (χ2n) is 14.6. The Hall–Kier alpha value is -4.96. The molecule has 2 N–H and O–H groups in total. The first-order valence-corrected chi connectivity index (χ1v) is 16.9. The summed E-state index contributed by atoms with van der Waals surface area (Å²) in [5.41, 5.74) is 13.9. The number of aliphatic imine (C=N–C) groups is 2. The summed E-state index contributed by atoms with van der Waals surface area (Å²) in [6, 6.07) is 20.3. The Bertz CT molecular complexity index is 2580. The first-order chi connectivity index (χ1) is 22.5. The molecule has 4 nitrogen and oxygen atoms in total. The van der Waals surface area contributed by atoms with E-state index in [4.69, 9.17) is 9.98 Å². The highest BCUT2D eigenvalue weighted by atomic mass is 15.0. The van der Waals surface area contributed by atoms with Gasteiger partial charge in [0, 0.05) is 38.7 Å². The molecule has 9 rings (SSSR count). The van der Waals surface area contributed by atoms with E-state index in [1.807, 2.05) is 0 Å². The highest BCUT2D eigenvalue weighted by molar-refractivity contribution is 6.36. The number of nitrogens with zero attached hydrogens (tertiary/aromatic N) is 2.